The van der Waals surface area contributed by atoms with Gasteiger partial charge >= 0.3 is 0 Å². The summed E-state index contributed by atoms with van der Waals surface area (Å²) < 4.78 is 0. The summed E-state index contributed by atoms with van der Waals surface area (Å²) in [7, 11) is 0. The van der Waals surface area contributed by atoms with Crippen LogP contribution in [0.4, 0.5) is 0 Å². The lowest BCUT2D eigenvalue weighted by molar-refractivity contribution is -0.123. The second-order valence-corrected chi connectivity index (χ2v) is 6.05. The van der Waals surface area contributed by atoms with Crippen LogP contribution in [0.1, 0.15) is 53.4 Å². The van der Waals surface area contributed by atoms with Gasteiger partial charge in [0.2, 0.25) is 5.91 Å². The van der Waals surface area contributed by atoms with Crippen molar-refractivity contribution in [2.24, 2.45) is 11.3 Å². The molecule has 0 saturated carbocycles. The van der Waals surface area contributed by atoms with Gasteiger partial charge in [-0.05, 0) is 24.2 Å². The van der Waals surface area contributed by atoms with Gasteiger partial charge in [0.05, 0.1) is 0 Å². The van der Waals surface area contributed by atoms with Crippen LogP contribution < -0.4 is 5.32 Å². The summed E-state index contributed by atoms with van der Waals surface area (Å²) in [6.07, 6.45) is 3.87. The number of halogens is 1. The van der Waals surface area contributed by atoms with Crippen molar-refractivity contribution < 1.29 is 4.79 Å². The van der Waals surface area contributed by atoms with Gasteiger partial charge in [0.25, 0.3) is 0 Å². The van der Waals surface area contributed by atoms with Crippen LogP contribution >= 0.6 is 11.6 Å². The first kappa shape index (κ1) is 15.8. The maximum atomic E-state index is 11.6. The summed E-state index contributed by atoms with van der Waals surface area (Å²) in [6.45, 7) is 9.17. The number of rotatable bonds is 7. The number of nitrogens with one attached hydrogen (secondary N) is 1. The van der Waals surface area contributed by atoms with Crippen LogP contribution in [-0.2, 0) is 4.79 Å². The van der Waals surface area contributed by atoms with E-state index in [1.54, 1.807) is 0 Å². The summed E-state index contributed by atoms with van der Waals surface area (Å²) in [5.41, 5.74) is 0.0663. The maximum Gasteiger partial charge on any atom is 0.220 e. The van der Waals surface area contributed by atoms with E-state index in [2.05, 4.69) is 33.0 Å². The van der Waals surface area contributed by atoms with E-state index in [0.717, 1.165) is 25.8 Å². The van der Waals surface area contributed by atoms with E-state index in [1.807, 2.05) is 0 Å². The molecule has 1 N–H and O–H groups in total. The van der Waals surface area contributed by atoms with Crippen LogP contribution in [0.25, 0.3) is 0 Å². The zero-order valence-corrected chi connectivity index (χ0v) is 11.9. The monoisotopic (exact) mass is 247 g/mol. The third-order valence-electron chi connectivity index (χ3n) is 2.49. The molecular formula is C13H26ClNO. The number of amides is 1. The largest absolute Gasteiger partial charge is 0.356 e. The van der Waals surface area contributed by atoms with Crippen molar-refractivity contribution in [2.45, 2.75) is 53.4 Å². The van der Waals surface area contributed by atoms with E-state index in [1.165, 1.54) is 0 Å². The van der Waals surface area contributed by atoms with Gasteiger partial charge in [-0.1, -0.05) is 34.1 Å². The maximum absolute atomic E-state index is 11.6. The quantitative estimate of drug-likeness (QED) is 0.685. The first-order valence-corrected chi connectivity index (χ1v) is 6.75. The summed E-state index contributed by atoms with van der Waals surface area (Å²) in [6, 6.07) is 0. The Balaban J connectivity index is 3.86. The fraction of sp³-hybridized carbons (Fsp3) is 0.923. The molecule has 0 aliphatic rings. The highest BCUT2D eigenvalue weighted by Crippen LogP contribution is 2.18. The molecule has 0 radical (unpaired) electrons. The fourth-order valence-electron chi connectivity index (χ4n) is 1.71. The molecule has 0 saturated heterocycles. The minimum absolute atomic E-state index is 0.0663. The Labute approximate surface area is 105 Å². The highest BCUT2D eigenvalue weighted by atomic mass is 35.5. The van der Waals surface area contributed by atoms with E-state index in [9.17, 15) is 4.79 Å². The number of hydrogen-bond acceptors (Lipinski definition) is 1. The topological polar surface area (TPSA) is 29.1 Å². The van der Waals surface area contributed by atoms with Crippen LogP contribution in [0.15, 0.2) is 0 Å². The molecule has 0 rings (SSSR count). The van der Waals surface area contributed by atoms with Crippen LogP contribution in [0.2, 0.25) is 0 Å². The van der Waals surface area contributed by atoms with E-state index >= 15 is 0 Å². The fourth-order valence-corrected chi connectivity index (χ4v) is 2.02. The van der Waals surface area contributed by atoms with Crippen molar-refractivity contribution in [3.8, 4) is 0 Å². The predicted octanol–water partition coefficient (Wildman–Crippen LogP) is 3.58. The third kappa shape index (κ3) is 9.02. The smallest absolute Gasteiger partial charge is 0.220 e. The number of carbonyl (C=O) groups is 1. The highest BCUT2D eigenvalue weighted by molar-refractivity contribution is 6.17. The van der Waals surface area contributed by atoms with Gasteiger partial charge in [0, 0.05) is 18.8 Å². The van der Waals surface area contributed by atoms with Gasteiger partial charge in [-0.3, -0.25) is 4.79 Å². The lowest BCUT2D eigenvalue weighted by Gasteiger charge is -2.20. The molecule has 0 fully saturated rings. The molecule has 0 spiro atoms. The predicted molar refractivity (Wildman–Crippen MR) is 70.8 cm³/mol. The number of alkyl halides is 1. The van der Waals surface area contributed by atoms with Crippen LogP contribution in [-0.4, -0.2) is 18.3 Å². The van der Waals surface area contributed by atoms with Gasteiger partial charge in [-0.2, -0.15) is 0 Å². The molecule has 1 atom stereocenters. The van der Waals surface area contributed by atoms with Gasteiger partial charge in [0.1, 0.15) is 0 Å². The Morgan fingerprint density at radius 2 is 1.94 bits per heavy atom. The van der Waals surface area contributed by atoms with Crippen molar-refractivity contribution in [1.29, 1.82) is 0 Å². The summed E-state index contributed by atoms with van der Waals surface area (Å²) in [4.78, 5) is 11.6. The third-order valence-corrected chi connectivity index (χ3v) is 2.71. The van der Waals surface area contributed by atoms with E-state index < -0.39 is 0 Å². The molecule has 1 unspecified atom stereocenters. The van der Waals surface area contributed by atoms with Crippen molar-refractivity contribution in [2.75, 3.05) is 12.4 Å². The minimum atomic E-state index is 0.0663. The number of hydrogen-bond donors (Lipinski definition) is 1. The minimum Gasteiger partial charge on any atom is -0.356 e. The molecule has 3 heteroatoms. The highest BCUT2D eigenvalue weighted by Gasteiger charge is 2.16. The standard InChI is InChI=1S/C13H26ClNO/c1-5-6-11(7-8-14)10-15-12(16)9-13(2,3)4/h11H,5-10H2,1-4H3,(H,15,16). The molecule has 0 aliphatic carbocycles. The molecule has 0 heterocycles. The van der Waals surface area contributed by atoms with Gasteiger partial charge in [0.15, 0.2) is 0 Å². The Kier molecular flexibility index (Phi) is 7.82. The zero-order chi connectivity index (χ0) is 12.6. The molecule has 1 amide bonds. The Morgan fingerprint density at radius 1 is 1.31 bits per heavy atom. The van der Waals surface area contributed by atoms with Crippen molar-refractivity contribution in [1.82, 2.24) is 5.32 Å². The molecule has 0 aromatic carbocycles. The second kappa shape index (κ2) is 7.94. The lowest BCUT2D eigenvalue weighted by Crippen LogP contribution is -2.32. The van der Waals surface area contributed by atoms with Crippen molar-refractivity contribution in [3.05, 3.63) is 0 Å². The van der Waals surface area contributed by atoms with E-state index in [-0.39, 0.29) is 11.3 Å². The number of carbonyl (C=O) groups excluding carboxylic acids is 1. The molecule has 2 nitrogen and oxygen atoms in total. The van der Waals surface area contributed by atoms with Crippen molar-refractivity contribution in [3.63, 3.8) is 0 Å². The Hall–Kier alpha value is -0.240. The SMILES string of the molecule is CCCC(CCCl)CNC(=O)CC(C)(C)C. The van der Waals surface area contributed by atoms with E-state index in [0.29, 0.717) is 18.2 Å². The van der Waals surface area contributed by atoms with Crippen LogP contribution in [0.3, 0.4) is 0 Å². The first-order chi connectivity index (χ1) is 7.39. The molecule has 0 aromatic rings. The molecule has 0 aromatic heterocycles. The molecule has 0 bridgehead atoms. The Morgan fingerprint density at radius 3 is 2.38 bits per heavy atom. The van der Waals surface area contributed by atoms with Crippen molar-refractivity contribution >= 4 is 17.5 Å². The Bertz CT molecular complexity index is 193. The summed E-state index contributed by atoms with van der Waals surface area (Å²) in [5, 5.41) is 3.01. The average molecular weight is 248 g/mol. The molecule has 16 heavy (non-hydrogen) atoms. The van der Waals surface area contributed by atoms with Gasteiger partial charge in [-0.25, -0.2) is 0 Å². The van der Waals surface area contributed by atoms with Crippen LogP contribution in [0.5, 0.6) is 0 Å². The summed E-state index contributed by atoms with van der Waals surface area (Å²) in [5.74, 6) is 1.37. The average Bonchev–Trinajstić information content (AvgIpc) is 2.12. The zero-order valence-electron chi connectivity index (χ0n) is 11.1. The molecular weight excluding hydrogens is 222 g/mol. The van der Waals surface area contributed by atoms with E-state index in [4.69, 9.17) is 11.6 Å². The summed E-state index contributed by atoms with van der Waals surface area (Å²) >= 11 is 5.74. The van der Waals surface area contributed by atoms with Gasteiger partial charge < -0.3 is 5.32 Å². The molecule has 96 valence electrons. The van der Waals surface area contributed by atoms with Crippen LogP contribution in [0, 0.1) is 11.3 Å². The lowest BCUT2D eigenvalue weighted by atomic mass is 9.92. The second-order valence-electron chi connectivity index (χ2n) is 5.67. The van der Waals surface area contributed by atoms with Gasteiger partial charge in [-0.15, -0.1) is 11.6 Å². The normalized spacial score (nSPS) is 13.6. The molecule has 0 aliphatic heterocycles. The first-order valence-electron chi connectivity index (χ1n) is 6.21.